The number of carbonyl (C=O) groups excluding carboxylic acids is 1. The predicted molar refractivity (Wildman–Crippen MR) is 221 cm³/mol. The van der Waals surface area contributed by atoms with Crippen LogP contribution in [0.2, 0.25) is 0 Å². The molecule has 0 radical (unpaired) electrons. The van der Waals surface area contributed by atoms with Crippen molar-refractivity contribution in [3.8, 4) is 0 Å². The molecule has 2 unspecified atom stereocenters. The Morgan fingerprint density at radius 3 is 2.33 bits per heavy atom. The van der Waals surface area contributed by atoms with Gasteiger partial charge in [-0.25, -0.2) is 0 Å². The van der Waals surface area contributed by atoms with E-state index in [0.29, 0.717) is 38.5 Å². The van der Waals surface area contributed by atoms with Crippen molar-refractivity contribution in [2.75, 3.05) is 20.8 Å². The van der Waals surface area contributed by atoms with Gasteiger partial charge in [0.05, 0.1) is 49.3 Å². The monoisotopic (exact) mass is 860 g/mol. The van der Waals surface area contributed by atoms with Crippen LogP contribution in [-0.4, -0.2) is 134 Å². The molecule has 61 heavy (non-hydrogen) atoms. The molecule has 8 rings (SSSR count). The van der Waals surface area contributed by atoms with Gasteiger partial charge in [0.15, 0.2) is 18.4 Å². The molecule has 0 aromatic heterocycles. The van der Waals surface area contributed by atoms with Crippen LogP contribution in [-0.2, 0) is 56.9 Å². The van der Waals surface area contributed by atoms with Crippen molar-refractivity contribution in [3.63, 3.8) is 0 Å². The minimum absolute atomic E-state index is 0.0573. The first-order chi connectivity index (χ1) is 29.0. The van der Waals surface area contributed by atoms with Crippen molar-refractivity contribution in [1.82, 2.24) is 0 Å². The summed E-state index contributed by atoms with van der Waals surface area (Å²) < 4.78 is 70.3. The van der Waals surface area contributed by atoms with E-state index in [1.54, 1.807) is 14.2 Å². The zero-order valence-corrected chi connectivity index (χ0v) is 37.9. The topological polar surface area (TPSA) is 162 Å². The van der Waals surface area contributed by atoms with Gasteiger partial charge in [0.1, 0.15) is 35.9 Å². The summed E-state index contributed by atoms with van der Waals surface area (Å²) in [6.07, 6.45) is 6.98. The number of carbonyl (C=O) groups is 1. The van der Waals surface area contributed by atoms with Gasteiger partial charge in [-0.2, -0.15) is 0 Å². The molecule has 5 saturated heterocycles. The SMILES string of the molecule is CO[C@H]1C[C@H](O[C@H]2[C@H](C)O[C@@H](O[C@@H]3/C(C)=C/C[C@@H]4C[C@@H](C[C@]5(C=C[C@H](C)[C@@H](C(C)C)O5)O4)OC(=O)[C@@H]4C=C(C)[C@H]5OC56OCC(CCC[C@@H]3C)[C@@]46O)C[C@@H]2OC)O[C@@H](C)[C@@H]1O. The molecule has 20 atom stereocenters. The second-order valence-electron chi connectivity index (χ2n) is 19.8. The summed E-state index contributed by atoms with van der Waals surface area (Å²) in [7, 11) is 3.26. The molecule has 8 aliphatic rings. The molecule has 1 aliphatic carbocycles. The van der Waals surface area contributed by atoms with Crippen LogP contribution in [0, 0.1) is 29.6 Å². The summed E-state index contributed by atoms with van der Waals surface area (Å²) in [5, 5.41) is 23.3. The van der Waals surface area contributed by atoms with Crippen LogP contribution in [0.3, 0.4) is 0 Å². The number of fused-ring (bicyclic) bond motifs is 2. The number of hydrogen-bond donors (Lipinski definition) is 2. The van der Waals surface area contributed by atoms with Gasteiger partial charge in [0.25, 0.3) is 0 Å². The Bertz CT molecular complexity index is 1670. The van der Waals surface area contributed by atoms with Gasteiger partial charge in [0.2, 0.25) is 5.79 Å². The summed E-state index contributed by atoms with van der Waals surface area (Å²) in [5.74, 6) is -3.59. The Labute approximate surface area is 361 Å². The third-order valence-corrected chi connectivity index (χ3v) is 15.0. The lowest BCUT2D eigenvalue weighted by Gasteiger charge is -2.48. The van der Waals surface area contributed by atoms with Crippen LogP contribution in [0.15, 0.2) is 35.5 Å². The largest absolute Gasteiger partial charge is 0.462 e. The van der Waals surface area contributed by atoms with Crippen molar-refractivity contribution in [1.29, 1.82) is 0 Å². The van der Waals surface area contributed by atoms with E-state index in [1.165, 1.54) is 0 Å². The number of epoxide rings is 1. The second kappa shape index (κ2) is 17.9. The third kappa shape index (κ3) is 8.60. The van der Waals surface area contributed by atoms with Crippen LogP contribution in [0.5, 0.6) is 0 Å². The summed E-state index contributed by atoms with van der Waals surface area (Å²) in [6.45, 7) is 16.7. The molecule has 2 N–H and O–H groups in total. The van der Waals surface area contributed by atoms with Crippen molar-refractivity contribution < 1.29 is 67.1 Å². The second-order valence-corrected chi connectivity index (χ2v) is 19.8. The molecule has 7 heterocycles. The van der Waals surface area contributed by atoms with E-state index in [2.05, 4.69) is 46.8 Å². The van der Waals surface area contributed by atoms with Gasteiger partial charge in [-0.1, -0.05) is 52.3 Å². The Balaban J connectivity index is 1.05. The van der Waals surface area contributed by atoms with Gasteiger partial charge >= 0.3 is 5.97 Å². The number of hydrogen-bond acceptors (Lipinski definition) is 14. The Morgan fingerprint density at radius 1 is 0.869 bits per heavy atom. The average molecular weight is 861 g/mol. The van der Waals surface area contributed by atoms with E-state index >= 15 is 0 Å². The van der Waals surface area contributed by atoms with E-state index in [0.717, 1.165) is 24.0 Å². The zero-order chi connectivity index (χ0) is 43.6. The highest BCUT2D eigenvalue weighted by Crippen LogP contribution is 2.63. The molecule has 5 fully saturated rings. The maximum Gasteiger partial charge on any atom is 0.316 e. The quantitative estimate of drug-likeness (QED) is 0.183. The molecule has 2 spiro atoms. The molecule has 14 nitrogen and oxygen atoms in total. The van der Waals surface area contributed by atoms with Crippen LogP contribution < -0.4 is 0 Å². The van der Waals surface area contributed by atoms with Crippen LogP contribution in [0.1, 0.15) is 107 Å². The molecule has 0 aromatic carbocycles. The number of methoxy groups -OCH3 is 2. The average Bonchev–Trinajstić information content (AvgIpc) is 3.91. The normalized spacial score (nSPS) is 51.2. The first kappa shape index (κ1) is 45.8. The number of aliphatic hydroxyl groups excluding tert-OH is 1. The third-order valence-electron chi connectivity index (χ3n) is 15.0. The Morgan fingerprint density at radius 2 is 1.59 bits per heavy atom. The highest BCUT2D eigenvalue weighted by atomic mass is 16.8. The summed E-state index contributed by atoms with van der Waals surface area (Å²) in [5.41, 5.74) is 0.340. The molecule has 7 aliphatic heterocycles. The van der Waals surface area contributed by atoms with Gasteiger partial charge in [0, 0.05) is 51.7 Å². The number of aliphatic hydroxyl groups is 2. The Hall–Kier alpha value is -1.79. The van der Waals surface area contributed by atoms with Crippen LogP contribution in [0.4, 0.5) is 0 Å². The highest BCUT2D eigenvalue weighted by molar-refractivity contribution is 5.78. The van der Waals surface area contributed by atoms with E-state index in [4.69, 9.17) is 52.1 Å². The fourth-order valence-electron chi connectivity index (χ4n) is 11.6. The van der Waals surface area contributed by atoms with Gasteiger partial charge in [-0.05, 0) is 76.0 Å². The molecule has 0 aromatic rings. The highest BCUT2D eigenvalue weighted by Gasteiger charge is 2.81. The molecule has 0 saturated carbocycles. The van der Waals surface area contributed by atoms with Crippen molar-refractivity contribution in [3.05, 3.63) is 35.5 Å². The predicted octanol–water partition coefficient (Wildman–Crippen LogP) is 5.66. The van der Waals surface area contributed by atoms with E-state index in [-0.39, 0.29) is 60.8 Å². The van der Waals surface area contributed by atoms with E-state index in [1.807, 2.05) is 32.9 Å². The fourth-order valence-corrected chi connectivity index (χ4v) is 11.6. The summed E-state index contributed by atoms with van der Waals surface area (Å²) >= 11 is 0. The van der Waals surface area contributed by atoms with Crippen molar-refractivity contribution >= 4 is 5.97 Å². The lowest BCUT2D eigenvalue weighted by atomic mass is 9.68. The van der Waals surface area contributed by atoms with Crippen molar-refractivity contribution in [2.24, 2.45) is 29.6 Å². The van der Waals surface area contributed by atoms with E-state index < -0.39 is 78.3 Å². The van der Waals surface area contributed by atoms with E-state index in [9.17, 15) is 15.0 Å². The van der Waals surface area contributed by atoms with Crippen LogP contribution in [0.25, 0.3) is 0 Å². The molecular formula is C47H72O14. The maximum absolute atomic E-state index is 14.4. The Kier molecular flexibility index (Phi) is 13.4. The van der Waals surface area contributed by atoms with Crippen molar-refractivity contribution in [2.45, 2.75) is 204 Å². The lowest BCUT2D eigenvalue weighted by molar-refractivity contribution is -0.319. The lowest BCUT2D eigenvalue weighted by Crippen LogP contribution is -2.58. The molecule has 14 heteroatoms. The van der Waals surface area contributed by atoms with Gasteiger partial charge < -0.3 is 62.3 Å². The minimum Gasteiger partial charge on any atom is -0.462 e. The number of esters is 1. The molecule has 344 valence electrons. The maximum atomic E-state index is 14.4. The first-order valence-corrected chi connectivity index (χ1v) is 23.0. The standard InChI is InChI=1S/C47H72O14/c1-24(2)40-27(5)16-17-45(60-40)22-33-19-32(59-45)15-14-26(4)41(57-38-21-36(52-10)42(30(8)55-38)58-37-20-35(51-9)39(48)29(7)54-37)25(3)12-11-13-31-23-53-47-43(61-47)28(6)18-34(44(49)56-33)46(31,47)50/h14,16-18,24-25,27,29-43,48,50H,11-13,15,19-23H2,1-10H3/b26-14+/t25-,27-,29-,30-,31?,32+,33-,34-,35-,36-,37-,38-,39-,40+,41-,42-,43+,45+,46+,47?/m0/s1. The number of rotatable bonds is 7. The number of ether oxygens (including phenoxy) is 11. The minimum atomic E-state index is -1.58. The molecule has 0 amide bonds. The van der Waals surface area contributed by atoms with Gasteiger partial charge in [-0.15, -0.1) is 0 Å². The summed E-state index contributed by atoms with van der Waals surface area (Å²) in [4.78, 5) is 14.4. The smallest absolute Gasteiger partial charge is 0.316 e. The molecule has 2 bridgehead atoms. The zero-order valence-electron chi connectivity index (χ0n) is 37.9. The van der Waals surface area contributed by atoms with Crippen LogP contribution >= 0.6 is 0 Å². The fraction of sp³-hybridized carbons (Fsp3) is 0.851. The summed E-state index contributed by atoms with van der Waals surface area (Å²) in [6, 6.07) is 0. The first-order valence-electron chi connectivity index (χ1n) is 23.0. The molecular weight excluding hydrogens is 789 g/mol. The van der Waals surface area contributed by atoms with Gasteiger partial charge in [-0.3, -0.25) is 4.79 Å².